The van der Waals surface area contributed by atoms with Crippen LogP contribution >= 0.6 is 0 Å². The van der Waals surface area contributed by atoms with Gasteiger partial charge in [-0.25, -0.2) is 0 Å². The molecule has 7 heteroatoms. The van der Waals surface area contributed by atoms with E-state index in [9.17, 15) is 5.21 Å². The summed E-state index contributed by atoms with van der Waals surface area (Å²) < 4.78 is 30.3. The molecular formula is C29H31NO6. The van der Waals surface area contributed by atoms with E-state index in [1.54, 1.807) is 7.11 Å². The second-order valence-electron chi connectivity index (χ2n) is 9.19. The van der Waals surface area contributed by atoms with Gasteiger partial charge >= 0.3 is 0 Å². The second-order valence-corrected chi connectivity index (χ2v) is 9.19. The van der Waals surface area contributed by atoms with Crippen LogP contribution in [0, 0.1) is 5.41 Å². The highest BCUT2D eigenvalue weighted by molar-refractivity contribution is 5.98. The Morgan fingerprint density at radius 2 is 1.44 bits per heavy atom. The van der Waals surface area contributed by atoms with Gasteiger partial charge in [-0.1, -0.05) is 78.0 Å². The third-order valence-electron chi connectivity index (χ3n) is 6.89. The largest absolute Gasteiger partial charge is 0.497 e. The summed E-state index contributed by atoms with van der Waals surface area (Å²) in [7, 11) is 1.64. The van der Waals surface area contributed by atoms with Crippen molar-refractivity contribution in [3.8, 4) is 5.75 Å². The van der Waals surface area contributed by atoms with Crippen LogP contribution in [0.1, 0.15) is 16.7 Å². The zero-order valence-corrected chi connectivity index (χ0v) is 20.3. The maximum absolute atomic E-state index is 10.1. The van der Waals surface area contributed by atoms with Gasteiger partial charge in [-0.15, -0.1) is 0 Å². The lowest BCUT2D eigenvalue weighted by Gasteiger charge is -2.31. The molecule has 3 aromatic rings. The molecule has 1 N–H and O–H groups in total. The molecule has 1 saturated heterocycles. The molecule has 4 atom stereocenters. The standard InChI is InChI=1S/C29H31NO6/c1-32-24-14-12-23(13-15-24)17-34-25-26-28(35-18-22-10-6-3-7-11-22)29(20-36-26,27(25)30-31)19-33-16-21-8-4-2-5-9-21/h2-15,25-26,28,31H,16-20H2,1H3/b30-27+/t25-,26-,28-,29+/m0/s1. The molecular weight excluding hydrogens is 458 g/mol. The van der Waals surface area contributed by atoms with Crippen molar-refractivity contribution in [1.29, 1.82) is 0 Å². The molecule has 36 heavy (non-hydrogen) atoms. The zero-order valence-electron chi connectivity index (χ0n) is 20.3. The summed E-state index contributed by atoms with van der Waals surface area (Å²) in [5, 5.41) is 13.9. The number of hydrogen-bond donors (Lipinski definition) is 1. The molecule has 188 valence electrons. The first-order valence-corrected chi connectivity index (χ1v) is 12.1. The fourth-order valence-electron chi connectivity index (χ4n) is 5.01. The Morgan fingerprint density at radius 3 is 2.08 bits per heavy atom. The van der Waals surface area contributed by atoms with Crippen LogP contribution in [0.4, 0.5) is 0 Å². The van der Waals surface area contributed by atoms with Crippen molar-refractivity contribution < 1.29 is 28.9 Å². The fourth-order valence-corrected chi connectivity index (χ4v) is 5.01. The van der Waals surface area contributed by atoms with E-state index in [4.69, 9.17) is 23.7 Å². The molecule has 2 aliphatic rings. The highest BCUT2D eigenvalue weighted by atomic mass is 16.6. The predicted octanol–water partition coefficient (Wildman–Crippen LogP) is 4.61. The van der Waals surface area contributed by atoms with Gasteiger partial charge in [0.2, 0.25) is 0 Å². The van der Waals surface area contributed by atoms with Crippen LogP contribution in [-0.2, 0) is 38.8 Å². The number of nitrogens with zero attached hydrogens (tertiary/aromatic N) is 1. The molecule has 0 aromatic heterocycles. The van der Waals surface area contributed by atoms with Crippen molar-refractivity contribution >= 4 is 5.71 Å². The summed E-state index contributed by atoms with van der Waals surface area (Å²) in [6, 6.07) is 27.7. The molecule has 5 rings (SSSR count). The van der Waals surface area contributed by atoms with Crippen LogP contribution < -0.4 is 4.74 Å². The van der Waals surface area contributed by atoms with E-state index in [1.165, 1.54) is 0 Å². The van der Waals surface area contributed by atoms with Crippen LogP contribution in [0.25, 0.3) is 0 Å². The Kier molecular flexibility index (Phi) is 7.63. The predicted molar refractivity (Wildman–Crippen MR) is 134 cm³/mol. The van der Waals surface area contributed by atoms with E-state index >= 15 is 0 Å². The minimum absolute atomic E-state index is 0.291. The second kappa shape index (κ2) is 11.2. The molecule has 1 aliphatic carbocycles. The summed E-state index contributed by atoms with van der Waals surface area (Å²) in [4.78, 5) is 0. The van der Waals surface area contributed by atoms with Gasteiger partial charge in [-0.05, 0) is 28.8 Å². The highest BCUT2D eigenvalue weighted by Gasteiger charge is 2.66. The smallest absolute Gasteiger partial charge is 0.129 e. The highest BCUT2D eigenvalue weighted by Crippen LogP contribution is 2.48. The van der Waals surface area contributed by atoms with Gasteiger partial charge in [-0.2, -0.15) is 0 Å². The monoisotopic (exact) mass is 489 g/mol. The number of oxime groups is 1. The molecule has 0 radical (unpaired) electrons. The molecule has 0 spiro atoms. The van der Waals surface area contributed by atoms with Gasteiger partial charge in [0.1, 0.15) is 29.8 Å². The first kappa shape index (κ1) is 24.5. The van der Waals surface area contributed by atoms with Crippen LogP contribution in [0.15, 0.2) is 90.1 Å². The van der Waals surface area contributed by atoms with Crippen molar-refractivity contribution in [2.45, 2.75) is 38.1 Å². The molecule has 7 nitrogen and oxygen atoms in total. The summed E-state index contributed by atoms with van der Waals surface area (Å²) in [5.74, 6) is 0.781. The van der Waals surface area contributed by atoms with E-state index < -0.39 is 17.6 Å². The van der Waals surface area contributed by atoms with E-state index in [1.807, 2.05) is 84.9 Å². The lowest BCUT2D eigenvalue weighted by Crippen LogP contribution is -2.46. The maximum atomic E-state index is 10.1. The number of rotatable bonds is 11. The topological polar surface area (TPSA) is 78.7 Å². The summed E-state index contributed by atoms with van der Waals surface area (Å²) >= 11 is 0. The van der Waals surface area contributed by atoms with E-state index in [0.29, 0.717) is 38.7 Å². The minimum atomic E-state index is -0.743. The zero-order chi connectivity index (χ0) is 24.8. The van der Waals surface area contributed by atoms with Crippen molar-refractivity contribution in [1.82, 2.24) is 0 Å². The number of benzene rings is 3. The first-order valence-electron chi connectivity index (χ1n) is 12.1. The quantitative estimate of drug-likeness (QED) is 0.313. The van der Waals surface area contributed by atoms with Crippen molar-refractivity contribution in [3.63, 3.8) is 0 Å². The van der Waals surface area contributed by atoms with Crippen molar-refractivity contribution in [2.24, 2.45) is 10.6 Å². The Morgan fingerprint density at radius 1 is 0.833 bits per heavy atom. The summed E-state index contributed by atoms with van der Waals surface area (Å²) in [5.41, 5.74) is 2.87. The molecule has 1 aliphatic heterocycles. The van der Waals surface area contributed by atoms with Gasteiger partial charge in [0.25, 0.3) is 0 Å². The van der Waals surface area contributed by atoms with E-state index in [-0.39, 0.29) is 6.10 Å². The number of fused-ring (bicyclic) bond motifs is 2. The molecule has 3 aromatic carbocycles. The van der Waals surface area contributed by atoms with E-state index in [0.717, 1.165) is 22.4 Å². The Hall–Kier alpha value is -3.23. The minimum Gasteiger partial charge on any atom is -0.497 e. The third kappa shape index (κ3) is 5.01. The van der Waals surface area contributed by atoms with Gasteiger partial charge < -0.3 is 28.9 Å². The van der Waals surface area contributed by atoms with Crippen LogP contribution in [0.3, 0.4) is 0 Å². The lowest BCUT2D eigenvalue weighted by atomic mass is 9.84. The fraction of sp³-hybridized carbons (Fsp3) is 0.345. The number of hydrogen-bond acceptors (Lipinski definition) is 7. The summed E-state index contributed by atoms with van der Waals surface area (Å²) in [6.45, 7) is 1.82. The van der Waals surface area contributed by atoms with Gasteiger partial charge in [0.05, 0.1) is 45.6 Å². The van der Waals surface area contributed by atoms with Gasteiger partial charge in [-0.3, -0.25) is 0 Å². The molecule has 0 unspecified atom stereocenters. The number of methoxy groups -OCH3 is 1. The third-order valence-corrected chi connectivity index (χ3v) is 6.89. The van der Waals surface area contributed by atoms with Crippen LogP contribution in [0.2, 0.25) is 0 Å². The van der Waals surface area contributed by atoms with Crippen molar-refractivity contribution in [3.05, 3.63) is 102 Å². The lowest BCUT2D eigenvalue weighted by molar-refractivity contribution is -0.0751. The molecule has 2 bridgehead atoms. The van der Waals surface area contributed by atoms with E-state index in [2.05, 4.69) is 5.16 Å². The average Bonchev–Trinajstić information content (AvgIpc) is 3.41. The average molecular weight is 490 g/mol. The van der Waals surface area contributed by atoms with Gasteiger partial charge in [0.15, 0.2) is 0 Å². The van der Waals surface area contributed by atoms with Crippen LogP contribution in [-0.4, -0.2) is 49.6 Å². The molecule has 2 fully saturated rings. The van der Waals surface area contributed by atoms with Gasteiger partial charge in [0, 0.05) is 0 Å². The molecule has 1 saturated carbocycles. The SMILES string of the molecule is COc1ccc(CO[C@@H]2/C(=N\O)[C@@]3(COCc4ccccc4)CO[C@@H]2[C@@H]3OCc2ccccc2)cc1. The maximum Gasteiger partial charge on any atom is 0.129 e. The summed E-state index contributed by atoms with van der Waals surface area (Å²) in [6.07, 6.45) is -1.33. The molecule has 1 heterocycles. The normalized spacial score (nSPS) is 25.9. The Bertz CT molecular complexity index is 1140. The first-order chi connectivity index (χ1) is 17.7. The van der Waals surface area contributed by atoms with Crippen molar-refractivity contribution in [2.75, 3.05) is 20.3 Å². The Labute approximate surface area is 211 Å². The number of ether oxygens (including phenoxy) is 5. The Balaban J connectivity index is 1.34. The van der Waals surface area contributed by atoms with Crippen LogP contribution in [0.5, 0.6) is 5.75 Å². The molecule has 0 amide bonds.